The molecule has 182 valence electrons. The Balaban J connectivity index is -0.000000410. The molecule has 0 fully saturated rings. The molecule has 0 saturated carbocycles. The maximum Gasteiger partial charge on any atom is 0.235 e. The average molecular weight is 440 g/mol. The van der Waals surface area contributed by atoms with Crippen molar-refractivity contribution in [3.63, 3.8) is 0 Å². The third-order valence-corrected chi connectivity index (χ3v) is 4.17. The quantitative estimate of drug-likeness (QED) is 0.0843. The molecule has 0 spiro atoms. The minimum absolute atomic E-state index is 0.0329. The van der Waals surface area contributed by atoms with E-state index in [-0.39, 0.29) is 11.9 Å². The number of nitrogens with zero attached hydrogens (tertiary/aromatic N) is 2. The Morgan fingerprint density at radius 1 is 0.935 bits per heavy atom. The Bertz CT molecular complexity index is 490. The highest BCUT2D eigenvalue weighted by atomic mass is 16.1. The van der Waals surface area contributed by atoms with Crippen LogP contribution in [-0.4, -0.2) is 37.6 Å². The Kier molecular flexibility index (Phi) is 32.1. The second-order valence-corrected chi connectivity index (χ2v) is 7.18. The van der Waals surface area contributed by atoms with Crippen LogP contribution in [0.4, 0.5) is 0 Å². The molecule has 0 rings (SSSR count). The molecule has 0 radical (unpaired) electrons. The number of rotatable bonds is 15. The number of isocyanates is 1. The zero-order chi connectivity index (χ0) is 24.2. The molecule has 8 N–H and O–H groups in total. The molecule has 0 saturated heterocycles. The number of nitrogens with one attached hydrogen (secondary N) is 2. The maximum absolute atomic E-state index is 9.78. The van der Waals surface area contributed by atoms with E-state index in [1.54, 1.807) is 6.08 Å². The monoisotopic (exact) mass is 439 g/mol. The second-order valence-electron chi connectivity index (χ2n) is 7.18. The summed E-state index contributed by atoms with van der Waals surface area (Å²) in [7, 11) is 0. The van der Waals surface area contributed by atoms with Crippen LogP contribution in [0.5, 0.6) is 0 Å². The van der Waals surface area contributed by atoms with E-state index in [0.29, 0.717) is 13.1 Å². The Labute approximate surface area is 190 Å². The SMILES string of the molecule is CCCC=C(CC)CN=C=O.CCCCCC.N=C(N)NCCCCCCN=C(N)N. The summed E-state index contributed by atoms with van der Waals surface area (Å²) in [5.74, 6) is 0.189. The number of carbonyl (C=O) groups excluding carboxylic acids is 1. The molecule has 0 aromatic heterocycles. The molecular weight excluding hydrogens is 390 g/mol. The number of aliphatic imine (C=N–C) groups is 2. The van der Waals surface area contributed by atoms with Gasteiger partial charge in [-0.2, -0.15) is 0 Å². The first-order valence-corrected chi connectivity index (χ1v) is 11.7. The molecule has 0 aliphatic carbocycles. The predicted molar refractivity (Wildman–Crippen MR) is 135 cm³/mol. The molecule has 0 bridgehead atoms. The molecule has 0 atom stereocenters. The van der Waals surface area contributed by atoms with E-state index >= 15 is 0 Å². The van der Waals surface area contributed by atoms with Gasteiger partial charge in [0.2, 0.25) is 6.08 Å². The summed E-state index contributed by atoms with van der Waals surface area (Å²) in [5, 5.41) is 9.66. The van der Waals surface area contributed by atoms with Crippen molar-refractivity contribution in [1.29, 1.82) is 5.41 Å². The molecule has 8 nitrogen and oxygen atoms in total. The van der Waals surface area contributed by atoms with Gasteiger partial charge in [-0.05, 0) is 25.7 Å². The van der Waals surface area contributed by atoms with Gasteiger partial charge in [-0.1, -0.05) is 84.3 Å². The van der Waals surface area contributed by atoms with Gasteiger partial charge >= 0.3 is 0 Å². The average Bonchev–Trinajstić information content (AvgIpc) is 2.75. The van der Waals surface area contributed by atoms with E-state index in [9.17, 15) is 4.79 Å². The molecule has 0 aliphatic heterocycles. The van der Waals surface area contributed by atoms with Crippen molar-refractivity contribution >= 4 is 18.0 Å². The minimum Gasteiger partial charge on any atom is -0.370 e. The van der Waals surface area contributed by atoms with Crippen molar-refractivity contribution in [2.75, 3.05) is 19.6 Å². The molecule has 31 heavy (non-hydrogen) atoms. The first-order valence-electron chi connectivity index (χ1n) is 11.7. The van der Waals surface area contributed by atoms with E-state index in [0.717, 1.165) is 51.5 Å². The smallest absolute Gasteiger partial charge is 0.235 e. The molecule has 0 amide bonds. The molecule has 0 unspecified atom stereocenters. The third-order valence-electron chi connectivity index (χ3n) is 4.17. The fourth-order valence-corrected chi connectivity index (χ4v) is 2.32. The van der Waals surface area contributed by atoms with E-state index < -0.39 is 0 Å². The highest BCUT2D eigenvalue weighted by Gasteiger charge is 1.91. The fraction of sp³-hybridized carbons (Fsp3) is 0.783. The van der Waals surface area contributed by atoms with Crippen LogP contribution in [0.3, 0.4) is 0 Å². The largest absolute Gasteiger partial charge is 0.370 e. The first kappa shape index (κ1) is 33.3. The van der Waals surface area contributed by atoms with Crippen molar-refractivity contribution in [3.05, 3.63) is 11.6 Å². The predicted octanol–water partition coefficient (Wildman–Crippen LogP) is 4.35. The van der Waals surface area contributed by atoms with E-state index in [1.807, 2.05) is 0 Å². The molecule has 0 aliphatic rings. The lowest BCUT2D eigenvalue weighted by Gasteiger charge is -2.02. The molecule has 0 heterocycles. The highest BCUT2D eigenvalue weighted by molar-refractivity contribution is 5.75. The summed E-state index contributed by atoms with van der Waals surface area (Å²) in [5.41, 5.74) is 16.7. The number of hydrogen-bond donors (Lipinski definition) is 5. The third kappa shape index (κ3) is 38.8. The lowest BCUT2D eigenvalue weighted by molar-refractivity contribution is 0.563. The summed E-state index contributed by atoms with van der Waals surface area (Å²) < 4.78 is 0. The van der Waals surface area contributed by atoms with Crippen LogP contribution in [0.25, 0.3) is 0 Å². The van der Waals surface area contributed by atoms with Gasteiger partial charge < -0.3 is 22.5 Å². The van der Waals surface area contributed by atoms with E-state index in [4.69, 9.17) is 22.6 Å². The normalized spacial score (nSPS) is 9.87. The van der Waals surface area contributed by atoms with Gasteiger partial charge in [-0.25, -0.2) is 9.79 Å². The first-order chi connectivity index (χ1) is 14.9. The van der Waals surface area contributed by atoms with Crippen molar-refractivity contribution in [3.8, 4) is 0 Å². The van der Waals surface area contributed by atoms with Crippen molar-refractivity contribution in [2.24, 2.45) is 27.2 Å². The number of unbranched alkanes of at least 4 members (excludes halogenated alkanes) is 7. The summed E-state index contributed by atoms with van der Waals surface area (Å²) in [6.45, 7) is 10.7. The maximum atomic E-state index is 9.78. The van der Waals surface area contributed by atoms with Gasteiger partial charge in [0.05, 0.1) is 6.54 Å². The van der Waals surface area contributed by atoms with Crippen molar-refractivity contribution < 1.29 is 4.79 Å². The van der Waals surface area contributed by atoms with Gasteiger partial charge in [0.25, 0.3) is 0 Å². The van der Waals surface area contributed by atoms with Gasteiger partial charge in [-0.3, -0.25) is 10.4 Å². The Morgan fingerprint density at radius 2 is 1.55 bits per heavy atom. The summed E-state index contributed by atoms with van der Waals surface area (Å²) >= 11 is 0. The zero-order valence-electron chi connectivity index (χ0n) is 20.5. The van der Waals surface area contributed by atoms with Crippen LogP contribution in [0.15, 0.2) is 21.6 Å². The van der Waals surface area contributed by atoms with Crippen LogP contribution in [0.1, 0.15) is 98.3 Å². The number of hydrogen-bond acceptors (Lipinski definition) is 4. The standard InChI is InChI=1S/C9H15NO.C8H20N6.C6H14/c1-3-5-6-9(4-2)7-10-8-11;9-7(10)13-5-3-1-2-4-6-14-8(11)12;1-3-5-6-4-2/h6H,3-5,7H2,1-2H3;1-6H2,(H4,9,10,13)(H4,11,12,14);3-6H2,1-2H3. The van der Waals surface area contributed by atoms with Crippen molar-refractivity contribution in [1.82, 2.24) is 5.32 Å². The molecule has 0 aromatic rings. The van der Waals surface area contributed by atoms with Gasteiger partial charge in [0, 0.05) is 13.1 Å². The molecular formula is C23H49N7O. The topological polar surface area (TPSA) is 156 Å². The summed E-state index contributed by atoms with van der Waals surface area (Å²) in [6, 6.07) is 0. The Hall–Kier alpha value is -2.34. The van der Waals surface area contributed by atoms with E-state index in [1.165, 1.54) is 31.3 Å². The van der Waals surface area contributed by atoms with Crippen LogP contribution in [0.2, 0.25) is 0 Å². The summed E-state index contributed by atoms with van der Waals surface area (Å²) in [4.78, 5) is 17.2. The lowest BCUT2D eigenvalue weighted by atomic mass is 10.1. The fourth-order valence-electron chi connectivity index (χ4n) is 2.32. The number of nitrogens with two attached hydrogens (primary N) is 3. The van der Waals surface area contributed by atoms with Gasteiger partial charge in [-0.15, -0.1) is 0 Å². The highest BCUT2D eigenvalue weighted by Crippen LogP contribution is 2.03. The Morgan fingerprint density at radius 3 is 2.00 bits per heavy atom. The molecule has 0 aromatic carbocycles. The van der Waals surface area contributed by atoms with Crippen LogP contribution in [0, 0.1) is 5.41 Å². The second kappa shape index (κ2) is 29.9. The minimum atomic E-state index is 0.0329. The van der Waals surface area contributed by atoms with Gasteiger partial charge in [0.1, 0.15) is 0 Å². The van der Waals surface area contributed by atoms with Crippen LogP contribution in [-0.2, 0) is 4.79 Å². The number of guanidine groups is 2. The van der Waals surface area contributed by atoms with Crippen LogP contribution >= 0.6 is 0 Å². The molecule has 8 heteroatoms. The zero-order valence-corrected chi connectivity index (χ0v) is 20.5. The van der Waals surface area contributed by atoms with E-state index in [2.05, 4.69) is 49.1 Å². The lowest BCUT2D eigenvalue weighted by Crippen LogP contribution is -2.30. The van der Waals surface area contributed by atoms with Crippen LogP contribution < -0.4 is 22.5 Å². The van der Waals surface area contributed by atoms with Gasteiger partial charge in [0.15, 0.2) is 11.9 Å². The summed E-state index contributed by atoms with van der Waals surface area (Å²) in [6.07, 6.45) is 16.6. The van der Waals surface area contributed by atoms with Crippen molar-refractivity contribution in [2.45, 2.75) is 98.3 Å². The number of allylic oxidation sites excluding steroid dienone is 1.